The molecule has 4 heterocycles. The molecular weight excluding hydrogens is 476 g/mol. The number of H-pyrrole nitrogens is 1. The van der Waals surface area contributed by atoms with E-state index in [2.05, 4.69) is 27.1 Å². The molecule has 37 heavy (non-hydrogen) atoms. The van der Waals surface area contributed by atoms with Gasteiger partial charge in [-0.3, -0.25) is 19.4 Å². The highest BCUT2D eigenvalue weighted by Gasteiger charge is 2.34. The Morgan fingerprint density at radius 2 is 2.08 bits per heavy atom. The molecule has 0 saturated carbocycles. The summed E-state index contributed by atoms with van der Waals surface area (Å²) in [6.45, 7) is 0.268. The van der Waals surface area contributed by atoms with Crippen LogP contribution < -0.4 is 20.5 Å². The summed E-state index contributed by atoms with van der Waals surface area (Å²) in [4.78, 5) is 46.0. The van der Waals surface area contributed by atoms with E-state index in [-0.39, 0.29) is 37.0 Å². The van der Waals surface area contributed by atoms with E-state index >= 15 is 0 Å². The average Bonchev–Trinajstić information content (AvgIpc) is 2.98. The summed E-state index contributed by atoms with van der Waals surface area (Å²) in [5.74, 6) is 5.30. The molecule has 0 bridgehead atoms. The fourth-order valence-corrected chi connectivity index (χ4v) is 3.99. The molecular formula is C27H24N4O6. The smallest absolute Gasteiger partial charge is 0.270 e. The highest BCUT2D eigenvalue weighted by molar-refractivity contribution is 6.03. The Kier molecular flexibility index (Phi) is 6.48. The van der Waals surface area contributed by atoms with Gasteiger partial charge in [0, 0.05) is 37.0 Å². The number of benzene rings is 1. The highest BCUT2D eigenvalue weighted by Crippen LogP contribution is 2.31. The van der Waals surface area contributed by atoms with Crippen molar-refractivity contribution in [3.63, 3.8) is 0 Å². The van der Waals surface area contributed by atoms with Crippen molar-refractivity contribution in [1.29, 1.82) is 0 Å². The zero-order valence-corrected chi connectivity index (χ0v) is 20.0. The van der Waals surface area contributed by atoms with Crippen molar-refractivity contribution in [3.8, 4) is 17.6 Å². The molecule has 2 aliphatic rings. The zero-order chi connectivity index (χ0) is 26.0. The standard InChI is InChI=1S/C27H24N4O6/c1-31-22-13-17(7-9-27(35)15-36-16-27)5-6-23(22)37-14-21(26(31)34)30-25(33)20-12-18(8-10-28-20)11-19-3-2-4-24(32)29-19/h2-6,8,10,12-13,21,35H,11,14-16H2,1H3,(H,29,32)(H,30,33)/t21-/m0/s1. The van der Waals surface area contributed by atoms with Crippen LogP contribution in [-0.2, 0) is 16.0 Å². The summed E-state index contributed by atoms with van der Waals surface area (Å²) < 4.78 is 10.8. The molecule has 0 spiro atoms. The van der Waals surface area contributed by atoms with Gasteiger partial charge in [-0.2, -0.15) is 0 Å². The third kappa shape index (κ3) is 5.38. The second-order valence-electron chi connectivity index (χ2n) is 8.96. The number of pyridine rings is 2. The number of aromatic nitrogens is 2. The first-order valence-electron chi connectivity index (χ1n) is 11.6. The Hall–Kier alpha value is -4.46. The number of hydrogen-bond donors (Lipinski definition) is 3. The molecule has 1 saturated heterocycles. The SMILES string of the molecule is CN1C(=O)[C@@H](NC(=O)c2cc(Cc3cccc(=O)[nH]3)ccn2)COc2ccc(C#CC3(O)COC3)cc21. The van der Waals surface area contributed by atoms with Crippen molar-refractivity contribution in [2.45, 2.75) is 18.1 Å². The lowest BCUT2D eigenvalue weighted by Gasteiger charge is -2.30. The van der Waals surface area contributed by atoms with Crippen LogP contribution in [0.25, 0.3) is 0 Å². The lowest BCUT2D eigenvalue weighted by molar-refractivity contribution is -0.140. The Morgan fingerprint density at radius 1 is 1.24 bits per heavy atom. The molecule has 1 aromatic carbocycles. The topological polar surface area (TPSA) is 134 Å². The third-order valence-electron chi connectivity index (χ3n) is 6.06. The van der Waals surface area contributed by atoms with Gasteiger partial charge in [-0.25, -0.2) is 0 Å². The Morgan fingerprint density at radius 3 is 2.84 bits per heavy atom. The molecule has 2 aliphatic heterocycles. The summed E-state index contributed by atoms with van der Waals surface area (Å²) in [7, 11) is 1.60. The molecule has 3 N–H and O–H groups in total. The minimum Gasteiger partial charge on any atom is -0.489 e. The second-order valence-corrected chi connectivity index (χ2v) is 8.96. The van der Waals surface area contributed by atoms with E-state index in [1.165, 1.54) is 17.2 Å². The van der Waals surface area contributed by atoms with E-state index in [0.717, 1.165) is 5.56 Å². The van der Waals surface area contributed by atoms with Crippen LogP contribution in [0, 0.1) is 11.8 Å². The maximum atomic E-state index is 13.2. The number of ether oxygens (including phenoxy) is 2. The molecule has 188 valence electrons. The number of likely N-dealkylation sites (N-methyl/N-ethyl adjacent to an activating group) is 1. The number of hydrogen-bond acceptors (Lipinski definition) is 7. The molecule has 5 rings (SSSR count). The number of nitrogens with zero attached hydrogens (tertiary/aromatic N) is 2. The van der Waals surface area contributed by atoms with Gasteiger partial charge in [0.25, 0.3) is 11.8 Å². The molecule has 0 unspecified atom stereocenters. The minimum absolute atomic E-state index is 0.0605. The van der Waals surface area contributed by atoms with Gasteiger partial charge in [-0.05, 0) is 42.0 Å². The minimum atomic E-state index is -1.15. The van der Waals surface area contributed by atoms with Crippen LogP contribution in [0.2, 0.25) is 0 Å². The fourth-order valence-electron chi connectivity index (χ4n) is 3.99. The van der Waals surface area contributed by atoms with E-state index in [4.69, 9.17) is 9.47 Å². The van der Waals surface area contributed by atoms with Crippen LogP contribution in [0.15, 0.2) is 59.5 Å². The summed E-state index contributed by atoms with van der Waals surface area (Å²) in [5.41, 5.74) is 1.38. The monoisotopic (exact) mass is 500 g/mol. The number of rotatable bonds is 4. The quantitative estimate of drug-likeness (QED) is 0.448. The normalized spacial score (nSPS) is 17.8. The first-order valence-corrected chi connectivity index (χ1v) is 11.6. The predicted molar refractivity (Wildman–Crippen MR) is 133 cm³/mol. The number of anilines is 1. The third-order valence-corrected chi connectivity index (χ3v) is 6.06. The molecule has 1 atom stereocenters. The van der Waals surface area contributed by atoms with Crippen molar-refractivity contribution < 1.29 is 24.2 Å². The van der Waals surface area contributed by atoms with Crippen LogP contribution in [0.3, 0.4) is 0 Å². The summed E-state index contributed by atoms with van der Waals surface area (Å²) >= 11 is 0. The Bertz CT molecular complexity index is 1480. The number of fused-ring (bicyclic) bond motifs is 1. The summed E-state index contributed by atoms with van der Waals surface area (Å²) in [6.07, 6.45) is 1.92. The molecule has 0 radical (unpaired) electrons. The van der Waals surface area contributed by atoms with Gasteiger partial charge >= 0.3 is 0 Å². The highest BCUT2D eigenvalue weighted by atomic mass is 16.5. The maximum absolute atomic E-state index is 13.2. The largest absolute Gasteiger partial charge is 0.489 e. The first-order chi connectivity index (χ1) is 17.8. The zero-order valence-electron chi connectivity index (χ0n) is 20.0. The van der Waals surface area contributed by atoms with Gasteiger partial charge in [0.15, 0.2) is 5.60 Å². The van der Waals surface area contributed by atoms with Crippen LogP contribution >= 0.6 is 0 Å². The average molecular weight is 501 g/mol. The van der Waals surface area contributed by atoms with Gasteiger partial charge < -0.3 is 29.8 Å². The van der Waals surface area contributed by atoms with Crippen molar-refractivity contribution in [1.82, 2.24) is 15.3 Å². The predicted octanol–water partition coefficient (Wildman–Crippen LogP) is 0.627. The van der Waals surface area contributed by atoms with E-state index < -0.39 is 17.6 Å². The first kappa shape index (κ1) is 24.2. The number of carbonyl (C=O) groups is 2. The summed E-state index contributed by atoms with van der Waals surface area (Å²) in [5, 5.41) is 12.8. The molecule has 10 heteroatoms. The van der Waals surface area contributed by atoms with Gasteiger partial charge in [0.05, 0.1) is 18.9 Å². The van der Waals surface area contributed by atoms with Gasteiger partial charge in [-0.1, -0.05) is 17.9 Å². The molecule has 10 nitrogen and oxygen atoms in total. The van der Waals surface area contributed by atoms with Crippen LogP contribution in [0.1, 0.15) is 27.3 Å². The van der Waals surface area contributed by atoms with E-state index in [1.807, 2.05) is 0 Å². The number of carbonyl (C=O) groups excluding carboxylic acids is 2. The van der Waals surface area contributed by atoms with Gasteiger partial charge in [-0.15, -0.1) is 0 Å². The van der Waals surface area contributed by atoms with E-state index in [0.29, 0.717) is 29.1 Å². The molecule has 2 amide bonds. The Balaban J connectivity index is 1.29. The molecule has 0 aliphatic carbocycles. The number of nitrogens with one attached hydrogen (secondary N) is 2. The van der Waals surface area contributed by atoms with Crippen molar-refractivity contribution in [2.75, 3.05) is 31.8 Å². The number of amides is 2. The van der Waals surface area contributed by atoms with Crippen LogP contribution in [0.4, 0.5) is 5.69 Å². The van der Waals surface area contributed by atoms with Crippen LogP contribution in [0.5, 0.6) is 5.75 Å². The van der Waals surface area contributed by atoms with Crippen molar-refractivity contribution >= 4 is 17.5 Å². The van der Waals surface area contributed by atoms with E-state index in [1.54, 1.807) is 49.5 Å². The molecule has 2 aromatic heterocycles. The van der Waals surface area contributed by atoms with Crippen LogP contribution in [-0.4, -0.2) is 65.4 Å². The maximum Gasteiger partial charge on any atom is 0.270 e. The Labute approximate surface area is 212 Å². The number of aliphatic hydroxyl groups is 1. The summed E-state index contributed by atoms with van der Waals surface area (Å²) in [6, 6.07) is 12.5. The molecule has 3 aromatic rings. The lowest BCUT2D eigenvalue weighted by atomic mass is 10.0. The lowest BCUT2D eigenvalue weighted by Crippen LogP contribution is -2.49. The van der Waals surface area contributed by atoms with Crippen molar-refractivity contribution in [2.24, 2.45) is 0 Å². The van der Waals surface area contributed by atoms with Crippen molar-refractivity contribution in [3.05, 3.63) is 87.6 Å². The van der Waals surface area contributed by atoms with Gasteiger partial charge in [0.2, 0.25) is 5.56 Å². The van der Waals surface area contributed by atoms with Gasteiger partial charge in [0.1, 0.15) is 24.1 Å². The second kappa shape index (κ2) is 9.89. The number of aromatic amines is 1. The fraction of sp³-hybridized carbons (Fsp3) is 0.259. The molecule has 1 fully saturated rings. The van der Waals surface area contributed by atoms with E-state index in [9.17, 15) is 19.5 Å².